The van der Waals surface area contributed by atoms with Crippen molar-refractivity contribution >= 4 is 11.8 Å². The van der Waals surface area contributed by atoms with Crippen molar-refractivity contribution < 1.29 is 0 Å². The lowest BCUT2D eigenvalue weighted by Crippen LogP contribution is -2.41. The van der Waals surface area contributed by atoms with Gasteiger partial charge in [-0.3, -0.25) is 5.32 Å². The lowest BCUT2D eigenvalue weighted by molar-refractivity contribution is 0.450. The number of nitrogens with zero attached hydrogens (tertiary/aromatic N) is 2. The van der Waals surface area contributed by atoms with Crippen molar-refractivity contribution in [2.45, 2.75) is 44.7 Å². The highest BCUT2D eigenvalue weighted by Crippen LogP contribution is 2.21. The predicted octanol–water partition coefficient (Wildman–Crippen LogP) is 3.07. The summed E-state index contributed by atoms with van der Waals surface area (Å²) in [7, 11) is 0. The number of pyridine rings is 1. The minimum Gasteiger partial charge on any atom is -0.300 e. The first kappa shape index (κ1) is 15.0. The first-order chi connectivity index (χ1) is 8.49. The van der Waals surface area contributed by atoms with Crippen LogP contribution in [0.3, 0.4) is 0 Å². The van der Waals surface area contributed by atoms with Crippen LogP contribution in [-0.2, 0) is 0 Å². The van der Waals surface area contributed by atoms with Crippen LogP contribution in [0.1, 0.15) is 31.5 Å². The quantitative estimate of drug-likeness (QED) is 0.801. The van der Waals surface area contributed by atoms with Gasteiger partial charge in [-0.1, -0.05) is 6.92 Å². The van der Waals surface area contributed by atoms with E-state index in [1.807, 2.05) is 20.8 Å². The Hall–Kier alpha value is -1.05. The van der Waals surface area contributed by atoms with Crippen molar-refractivity contribution in [3.63, 3.8) is 0 Å². The molecule has 4 heteroatoms. The number of aryl methyl sites for hydroxylation is 2. The molecule has 3 nitrogen and oxygen atoms in total. The van der Waals surface area contributed by atoms with Crippen molar-refractivity contribution in [1.82, 2.24) is 10.3 Å². The Bertz CT molecular complexity index is 419. The maximum Gasteiger partial charge on any atom is 0.104 e. The number of aromatic nitrogens is 1. The Morgan fingerprint density at radius 2 is 2.17 bits per heavy atom. The van der Waals surface area contributed by atoms with E-state index in [0.717, 1.165) is 29.4 Å². The lowest BCUT2D eigenvalue weighted by Gasteiger charge is -2.21. The maximum atomic E-state index is 9.16. The summed E-state index contributed by atoms with van der Waals surface area (Å²) in [5.41, 5.74) is 1.85. The van der Waals surface area contributed by atoms with Crippen LogP contribution in [0.5, 0.6) is 0 Å². The van der Waals surface area contributed by atoms with Gasteiger partial charge in [0.05, 0.1) is 11.1 Å². The molecule has 0 saturated heterocycles. The summed E-state index contributed by atoms with van der Waals surface area (Å²) in [6.45, 7) is 8.88. The van der Waals surface area contributed by atoms with Gasteiger partial charge in [-0.25, -0.2) is 4.98 Å². The van der Waals surface area contributed by atoms with Crippen LogP contribution in [-0.4, -0.2) is 22.8 Å². The van der Waals surface area contributed by atoms with Gasteiger partial charge in [-0.05, 0) is 51.4 Å². The summed E-state index contributed by atoms with van der Waals surface area (Å²) in [4.78, 5) is 4.49. The average Bonchev–Trinajstić information content (AvgIpc) is 2.28. The molecule has 1 rings (SSSR count). The highest BCUT2D eigenvalue weighted by molar-refractivity contribution is 7.99. The Morgan fingerprint density at radius 1 is 1.44 bits per heavy atom. The molecule has 0 bridgehead atoms. The monoisotopic (exact) mass is 263 g/mol. The second-order valence-corrected chi connectivity index (χ2v) is 5.81. The van der Waals surface area contributed by atoms with Gasteiger partial charge in [-0.2, -0.15) is 5.26 Å². The summed E-state index contributed by atoms with van der Waals surface area (Å²) >= 11 is 1.71. The molecule has 1 atom stereocenters. The maximum absolute atomic E-state index is 9.16. The first-order valence-electron chi connectivity index (χ1n) is 6.23. The van der Waals surface area contributed by atoms with Crippen LogP contribution in [0.4, 0.5) is 0 Å². The zero-order valence-electron chi connectivity index (χ0n) is 11.6. The van der Waals surface area contributed by atoms with Gasteiger partial charge in [0.1, 0.15) is 5.54 Å². The van der Waals surface area contributed by atoms with Gasteiger partial charge in [0, 0.05) is 11.4 Å². The van der Waals surface area contributed by atoms with Crippen molar-refractivity contribution in [3.05, 3.63) is 23.4 Å². The van der Waals surface area contributed by atoms with Crippen molar-refractivity contribution in [2.75, 3.05) is 12.3 Å². The normalized spacial score (nSPS) is 13.9. The van der Waals surface area contributed by atoms with Crippen LogP contribution in [0.2, 0.25) is 0 Å². The number of thioether (sulfide) groups is 1. The predicted molar refractivity (Wildman–Crippen MR) is 76.7 cm³/mol. The van der Waals surface area contributed by atoms with Crippen molar-refractivity contribution in [2.24, 2.45) is 0 Å². The van der Waals surface area contributed by atoms with Gasteiger partial charge >= 0.3 is 0 Å². The molecule has 0 radical (unpaired) electrons. The molecule has 0 amide bonds. The highest BCUT2D eigenvalue weighted by Gasteiger charge is 2.21. The fraction of sp³-hybridized carbons (Fsp3) is 0.571. The number of hydrogen-bond acceptors (Lipinski definition) is 4. The minimum atomic E-state index is -0.430. The van der Waals surface area contributed by atoms with Crippen LogP contribution in [0.15, 0.2) is 17.2 Å². The fourth-order valence-electron chi connectivity index (χ4n) is 1.81. The molecule has 98 valence electrons. The van der Waals surface area contributed by atoms with E-state index in [2.05, 4.69) is 35.4 Å². The van der Waals surface area contributed by atoms with Crippen LogP contribution in [0.25, 0.3) is 0 Å². The molecule has 0 aliphatic carbocycles. The number of nitriles is 1. The van der Waals surface area contributed by atoms with Crippen LogP contribution in [0, 0.1) is 25.2 Å². The van der Waals surface area contributed by atoms with Crippen molar-refractivity contribution in [3.8, 4) is 6.07 Å². The second kappa shape index (κ2) is 6.77. The van der Waals surface area contributed by atoms with E-state index in [9.17, 15) is 0 Å². The third-order valence-corrected chi connectivity index (χ3v) is 3.65. The molecule has 0 spiro atoms. The molecule has 1 heterocycles. The summed E-state index contributed by atoms with van der Waals surface area (Å²) in [6, 6.07) is 6.51. The molecule has 1 unspecified atom stereocenters. The lowest BCUT2D eigenvalue weighted by atomic mass is 10.0. The Labute approximate surface area is 114 Å². The Kier molecular flexibility index (Phi) is 5.64. The average molecular weight is 263 g/mol. The van der Waals surface area contributed by atoms with Crippen LogP contribution < -0.4 is 5.32 Å². The smallest absolute Gasteiger partial charge is 0.104 e. The number of nitrogens with one attached hydrogen (secondary N) is 1. The van der Waals surface area contributed by atoms with Gasteiger partial charge < -0.3 is 0 Å². The van der Waals surface area contributed by atoms with E-state index in [1.54, 1.807) is 11.8 Å². The SMILES string of the molecule is CCNC(C)(C#N)CCSc1cc(C)cc(C)n1. The van der Waals surface area contributed by atoms with E-state index in [0.29, 0.717) is 0 Å². The zero-order valence-corrected chi connectivity index (χ0v) is 12.4. The minimum absolute atomic E-state index is 0.430. The molecule has 0 aliphatic rings. The Balaban J connectivity index is 2.53. The standard InChI is InChI=1S/C14H21N3S/c1-5-16-14(4,10-15)6-7-18-13-9-11(2)8-12(3)17-13/h8-9,16H,5-7H2,1-4H3. The van der Waals surface area contributed by atoms with Gasteiger partial charge in [0.25, 0.3) is 0 Å². The highest BCUT2D eigenvalue weighted by atomic mass is 32.2. The third-order valence-electron chi connectivity index (χ3n) is 2.74. The largest absolute Gasteiger partial charge is 0.300 e. The van der Waals surface area contributed by atoms with E-state index < -0.39 is 5.54 Å². The molecule has 0 aliphatic heterocycles. The van der Waals surface area contributed by atoms with Gasteiger partial charge in [0.15, 0.2) is 0 Å². The second-order valence-electron chi connectivity index (χ2n) is 4.70. The molecular formula is C14H21N3S. The fourth-order valence-corrected chi connectivity index (χ4v) is 3.01. The number of hydrogen-bond donors (Lipinski definition) is 1. The van der Waals surface area contributed by atoms with Gasteiger partial charge in [-0.15, -0.1) is 11.8 Å². The molecule has 0 fully saturated rings. The van der Waals surface area contributed by atoms with Crippen molar-refractivity contribution in [1.29, 1.82) is 5.26 Å². The molecule has 1 aromatic rings. The first-order valence-corrected chi connectivity index (χ1v) is 7.22. The summed E-state index contributed by atoms with van der Waals surface area (Å²) in [6.07, 6.45) is 0.816. The van der Waals surface area contributed by atoms with E-state index in [1.165, 1.54) is 5.56 Å². The molecule has 1 aromatic heterocycles. The molecule has 18 heavy (non-hydrogen) atoms. The van der Waals surface area contributed by atoms with Crippen LogP contribution >= 0.6 is 11.8 Å². The summed E-state index contributed by atoms with van der Waals surface area (Å²) in [5, 5.41) is 13.4. The number of rotatable bonds is 6. The Morgan fingerprint density at radius 3 is 2.72 bits per heavy atom. The zero-order chi connectivity index (χ0) is 13.6. The molecular weight excluding hydrogens is 242 g/mol. The molecule has 1 N–H and O–H groups in total. The third kappa shape index (κ3) is 4.67. The molecule has 0 saturated carbocycles. The summed E-state index contributed by atoms with van der Waals surface area (Å²) < 4.78 is 0. The van der Waals surface area contributed by atoms with Gasteiger partial charge in [0.2, 0.25) is 0 Å². The van der Waals surface area contributed by atoms with E-state index in [-0.39, 0.29) is 0 Å². The van der Waals surface area contributed by atoms with E-state index >= 15 is 0 Å². The molecule has 0 aromatic carbocycles. The van der Waals surface area contributed by atoms with E-state index in [4.69, 9.17) is 5.26 Å². The summed E-state index contributed by atoms with van der Waals surface area (Å²) in [5.74, 6) is 0.896. The topological polar surface area (TPSA) is 48.7 Å².